The van der Waals surface area contributed by atoms with Crippen LogP contribution in [0.3, 0.4) is 0 Å². The lowest BCUT2D eigenvalue weighted by atomic mass is 9.91. The summed E-state index contributed by atoms with van der Waals surface area (Å²) in [7, 11) is 0. The van der Waals surface area contributed by atoms with Crippen LogP contribution in [0.2, 0.25) is 0 Å². The Morgan fingerprint density at radius 3 is 2.71 bits per heavy atom. The number of hydrogen-bond acceptors (Lipinski definition) is 6. The van der Waals surface area contributed by atoms with Gasteiger partial charge in [-0.25, -0.2) is 0 Å². The minimum atomic E-state index is 0.390. The van der Waals surface area contributed by atoms with Crippen LogP contribution in [0, 0.1) is 30.1 Å². The number of ether oxygens (including phenoxy) is 1. The largest absolute Gasteiger partial charge is 0.493 e. The molecule has 0 radical (unpaired) electrons. The van der Waals surface area contributed by atoms with E-state index >= 15 is 0 Å². The summed E-state index contributed by atoms with van der Waals surface area (Å²) < 4.78 is 17.2. The van der Waals surface area contributed by atoms with E-state index in [-0.39, 0.29) is 0 Å². The van der Waals surface area contributed by atoms with E-state index in [1.54, 1.807) is 6.07 Å². The molecule has 0 spiro atoms. The fourth-order valence-corrected chi connectivity index (χ4v) is 4.51. The van der Waals surface area contributed by atoms with Gasteiger partial charge in [-0.3, -0.25) is 4.90 Å². The predicted octanol–water partition coefficient (Wildman–Crippen LogP) is 5.23. The highest BCUT2D eigenvalue weighted by molar-refractivity contribution is 5.84. The number of hydrogen-bond donors (Lipinski definition) is 0. The minimum Gasteiger partial charge on any atom is -0.493 e. The smallest absolute Gasteiger partial charge is 0.203 e. The second kappa shape index (κ2) is 8.76. The monoisotopic (exact) mass is 419 g/mol. The first kappa shape index (κ1) is 20.1. The zero-order chi connectivity index (χ0) is 21.2. The predicted molar refractivity (Wildman–Crippen MR) is 117 cm³/mol. The van der Waals surface area contributed by atoms with Gasteiger partial charge in [-0.2, -0.15) is 5.26 Å². The van der Waals surface area contributed by atoms with Crippen molar-refractivity contribution in [2.75, 3.05) is 19.7 Å². The molecular weight excluding hydrogens is 390 g/mol. The molecule has 2 aliphatic rings. The molecule has 1 aliphatic heterocycles. The van der Waals surface area contributed by atoms with Gasteiger partial charge in [0.25, 0.3) is 0 Å². The number of likely N-dealkylation sites (tertiary alicyclic amines) is 1. The first-order valence-corrected chi connectivity index (χ1v) is 11.4. The number of rotatable bonds is 8. The van der Waals surface area contributed by atoms with Crippen molar-refractivity contribution in [1.29, 1.82) is 5.26 Å². The van der Waals surface area contributed by atoms with Crippen molar-refractivity contribution in [1.82, 2.24) is 10.1 Å². The lowest BCUT2D eigenvalue weighted by Crippen LogP contribution is -2.33. The second-order valence-corrected chi connectivity index (χ2v) is 9.08. The highest BCUT2D eigenvalue weighted by Crippen LogP contribution is 2.34. The fraction of sp³-hybridized carbons (Fsp3) is 0.520. The van der Waals surface area contributed by atoms with E-state index in [2.05, 4.69) is 29.1 Å². The Bertz CT molecular complexity index is 1080. The maximum atomic E-state index is 8.89. The third kappa shape index (κ3) is 4.62. The van der Waals surface area contributed by atoms with Crippen molar-refractivity contribution in [3.8, 4) is 11.8 Å². The first-order chi connectivity index (χ1) is 15.2. The molecule has 0 bridgehead atoms. The average Bonchev–Trinajstić information content (AvgIpc) is 3.35. The quantitative estimate of drug-likeness (QED) is 0.497. The number of furan rings is 1. The molecule has 0 amide bonds. The molecule has 5 rings (SSSR count). The Hall–Kier alpha value is -2.78. The van der Waals surface area contributed by atoms with Gasteiger partial charge in [0, 0.05) is 10.9 Å². The summed E-state index contributed by atoms with van der Waals surface area (Å²) in [4.78, 5) is 2.41. The van der Waals surface area contributed by atoms with Crippen LogP contribution in [0.5, 0.6) is 5.75 Å². The molecule has 0 atom stereocenters. The molecule has 1 aliphatic carbocycles. The van der Waals surface area contributed by atoms with Gasteiger partial charge in [0.05, 0.1) is 18.8 Å². The molecule has 31 heavy (non-hydrogen) atoms. The van der Waals surface area contributed by atoms with E-state index in [1.165, 1.54) is 25.7 Å². The van der Waals surface area contributed by atoms with Crippen LogP contribution in [0.25, 0.3) is 11.0 Å². The fourth-order valence-electron chi connectivity index (χ4n) is 4.51. The van der Waals surface area contributed by atoms with Crippen LogP contribution in [-0.2, 0) is 13.0 Å². The third-order valence-corrected chi connectivity index (χ3v) is 6.73. The van der Waals surface area contributed by atoms with Crippen LogP contribution < -0.4 is 4.74 Å². The van der Waals surface area contributed by atoms with E-state index < -0.39 is 0 Å². The second-order valence-electron chi connectivity index (χ2n) is 9.08. The van der Waals surface area contributed by atoms with Crippen molar-refractivity contribution in [3.63, 3.8) is 0 Å². The Kier molecular flexibility index (Phi) is 5.69. The van der Waals surface area contributed by atoms with Crippen molar-refractivity contribution in [2.24, 2.45) is 11.8 Å². The van der Waals surface area contributed by atoms with Crippen LogP contribution in [0.4, 0.5) is 0 Å². The summed E-state index contributed by atoms with van der Waals surface area (Å²) in [5, 5.41) is 14.4. The highest BCUT2D eigenvalue weighted by Gasteiger charge is 2.24. The van der Waals surface area contributed by atoms with Crippen LogP contribution >= 0.6 is 0 Å². The van der Waals surface area contributed by atoms with E-state index in [4.69, 9.17) is 18.9 Å². The molecule has 162 valence electrons. The molecule has 6 nitrogen and oxygen atoms in total. The van der Waals surface area contributed by atoms with Crippen molar-refractivity contribution < 1.29 is 13.7 Å². The average molecular weight is 420 g/mol. The lowest BCUT2D eigenvalue weighted by molar-refractivity contribution is 0.162. The van der Waals surface area contributed by atoms with Gasteiger partial charge in [0.2, 0.25) is 5.76 Å². The summed E-state index contributed by atoms with van der Waals surface area (Å²) in [5.41, 5.74) is 2.99. The molecule has 6 heteroatoms. The van der Waals surface area contributed by atoms with Gasteiger partial charge in [0.1, 0.15) is 17.6 Å². The molecule has 2 aromatic heterocycles. The van der Waals surface area contributed by atoms with E-state index in [1.807, 2.05) is 12.1 Å². The molecule has 2 fully saturated rings. The number of nitriles is 1. The Morgan fingerprint density at radius 2 is 1.97 bits per heavy atom. The number of benzene rings is 1. The van der Waals surface area contributed by atoms with Crippen LogP contribution in [0.15, 0.2) is 33.2 Å². The zero-order valence-electron chi connectivity index (χ0n) is 18.1. The summed E-state index contributed by atoms with van der Waals surface area (Å²) in [6.45, 7) is 5.78. The number of aromatic nitrogens is 1. The SMILES string of the molecule is Cc1c(OCC2CC2)ccc2c(CCC3CCN(Cc4ccc(C#N)o4)CC3)noc12. The summed E-state index contributed by atoms with van der Waals surface area (Å²) in [5.74, 6) is 3.63. The Labute approximate surface area is 182 Å². The van der Waals surface area contributed by atoms with E-state index in [0.717, 1.165) is 78.7 Å². The zero-order valence-corrected chi connectivity index (χ0v) is 18.1. The van der Waals surface area contributed by atoms with Gasteiger partial charge in [0.15, 0.2) is 5.58 Å². The van der Waals surface area contributed by atoms with Gasteiger partial charge in [-0.1, -0.05) is 5.16 Å². The topological polar surface area (TPSA) is 75.4 Å². The summed E-state index contributed by atoms with van der Waals surface area (Å²) in [6.07, 6.45) is 7.02. The Balaban J connectivity index is 1.13. The number of fused-ring (bicyclic) bond motifs is 1. The molecular formula is C25H29N3O3. The number of piperidine rings is 1. The minimum absolute atomic E-state index is 0.390. The molecule has 1 aromatic carbocycles. The van der Waals surface area contributed by atoms with Gasteiger partial charge in [-0.05, 0) is 94.6 Å². The molecule has 0 N–H and O–H groups in total. The van der Waals surface area contributed by atoms with E-state index in [9.17, 15) is 0 Å². The highest BCUT2D eigenvalue weighted by atomic mass is 16.5. The normalized spacial score (nSPS) is 17.8. The Morgan fingerprint density at radius 1 is 1.13 bits per heavy atom. The van der Waals surface area contributed by atoms with Crippen molar-refractivity contribution >= 4 is 11.0 Å². The molecule has 0 unspecified atom stereocenters. The number of aryl methyl sites for hydroxylation is 2. The van der Waals surface area contributed by atoms with Crippen LogP contribution in [-0.4, -0.2) is 29.8 Å². The summed E-state index contributed by atoms with van der Waals surface area (Å²) >= 11 is 0. The molecule has 1 saturated heterocycles. The van der Waals surface area contributed by atoms with Gasteiger partial charge in [-0.15, -0.1) is 0 Å². The third-order valence-electron chi connectivity index (χ3n) is 6.73. The van der Waals surface area contributed by atoms with Crippen molar-refractivity contribution in [2.45, 2.75) is 52.0 Å². The van der Waals surface area contributed by atoms with Crippen LogP contribution in [0.1, 0.15) is 54.9 Å². The molecule has 3 aromatic rings. The lowest BCUT2D eigenvalue weighted by Gasteiger charge is -2.31. The maximum Gasteiger partial charge on any atom is 0.203 e. The molecule has 1 saturated carbocycles. The maximum absolute atomic E-state index is 8.89. The van der Waals surface area contributed by atoms with E-state index in [0.29, 0.717) is 11.7 Å². The summed E-state index contributed by atoms with van der Waals surface area (Å²) in [6, 6.07) is 9.88. The first-order valence-electron chi connectivity index (χ1n) is 11.4. The number of nitrogens with zero attached hydrogens (tertiary/aromatic N) is 3. The van der Waals surface area contributed by atoms with Gasteiger partial charge >= 0.3 is 0 Å². The van der Waals surface area contributed by atoms with Gasteiger partial charge < -0.3 is 13.7 Å². The molecule has 3 heterocycles. The standard InChI is InChI=1S/C25H29N3O3/c1-17-24(29-16-19-2-3-19)9-7-22-23(27-31-25(17)22)8-4-18-10-12-28(13-11-18)15-21-6-5-20(14-26)30-21/h5-7,9,18-19H,2-4,8,10-13,15-16H2,1H3. The van der Waals surface area contributed by atoms with Crippen molar-refractivity contribution in [3.05, 3.63) is 47.0 Å².